The molecule has 1 aromatic carbocycles. The molecule has 1 N–H and O–H groups in total. The van der Waals surface area contributed by atoms with Gasteiger partial charge < -0.3 is 9.88 Å². The number of pyridine rings is 1. The fourth-order valence-electron chi connectivity index (χ4n) is 4.45. The average Bonchev–Trinajstić information content (AvgIpc) is 3.35. The molecule has 1 amide bonds. The van der Waals surface area contributed by atoms with Crippen LogP contribution in [0.15, 0.2) is 42.6 Å². The van der Waals surface area contributed by atoms with Crippen LogP contribution in [0.2, 0.25) is 0 Å². The summed E-state index contributed by atoms with van der Waals surface area (Å²) in [5, 5.41) is 17.1. The van der Waals surface area contributed by atoms with Crippen LogP contribution in [0.3, 0.4) is 0 Å². The summed E-state index contributed by atoms with van der Waals surface area (Å²) in [6.07, 6.45) is 6.93. The molecule has 1 aliphatic rings. The van der Waals surface area contributed by atoms with Gasteiger partial charge in [-0.25, -0.2) is 9.67 Å². The van der Waals surface area contributed by atoms with Crippen LogP contribution in [0, 0.1) is 0 Å². The summed E-state index contributed by atoms with van der Waals surface area (Å²) in [6, 6.07) is 11.9. The number of aromatic nitrogens is 6. The van der Waals surface area contributed by atoms with Gasteiger partial charge in [-0.05, 0) is 32.8 Å². The number of rotatable bonds is 6. The summed E-state index contributed by atoms with van der Waals surface area (Å²) >= 11 is 0. The van der Waals surface area contributed by atoms with Gasteiger partial charge in [0, 0.05) is 37.5 Å². The standard InChI is InChI=1S/C25H29N7O/c1-17(2)32-24-20(16-27-32)19(15-21(28-24)18-9-5-3-6-10-18)25(33)26-13-12-23-30-29-22-11-7-4-8-14-31(22)23/h3,5-6,9-10,15-17H,4,7-8,11-14H2,1-2H3,(H,26,33). The number of nitrogens with one attached hydrogen (secondary N) is 1. The van der Waals surface area contributed by atoms with E-state index in [4.69, 9.17) is 4.98 Å². The number of aryl methyl sites for hydroxylation is 1. The van der Waals surface area contributed by atoms with Crippen molar-refractivity contribution in [3.05, 3.63) is 59.8 Å². The van der Waals surface area contributed by atoms with Crippen molar-refractivity contribution < 1.29 is 4.79 Å². The fraction of sp³-hybridized carbons (Fsp3) is 0.400. The van der Waals surface area contributed by atoms with E-state index in [-0.39, 0.29) is 11.9 Å². The zero-order chi connectivity index (χ0) is 22.8. The van der Waals surface area contributed by atoms with Gasteiger partial charge in [0.25, 0.3) is 5.91 Å². The van der Waals surface area contributed by atoms with E-state index in [0.29, 0.717) is 18.5 Å². The molecule has 5 rings (SSSR count). The molecule has 0 fully saturated rings. The first-order chi connectivity index (χ1) is 16.1. The molecule has 0 atom stereocenters. The summed E-state index contributed by atoms with van der Waals surface area (Å²) < 4.78 is 4.09. The normalized spacial score (nSPS) is 13.8. The van der Waals surface area contributed by atoms with Crippen LogP contribution in [0.25, 0.3) is 22.3 Å². The summed E-state index contributed by atoms with van der Waals surface area (Å²) in [7, 11) is 0. The number of fused-ring (bicyclic) bond motifs is 2. The van der Waals surface area contributed by atoms with E-state index >= 15 is 0 Å². The topological polar surface area (TPSA) is 90.5 Å². The molecule has 0 saturated heterocycles. The Morgan fingerprint density at radius 3 is 2.79 bits per heavy atom. The molecule has 0 unspecified atom stereocenters. The lowest BCUT2D eigenvalue weighted by atomic mass is 10.1. The van der Waals surface area contributed by atoms with E-state index in [1.54, 1.807) is 6.20 Å². The average molecular weight is 444 g/mol. The number of carbonyl (C=O) groups is 1. The maximum atomic E-state index is 13.3. The van der Waals surface area contributed by atoms with Gasteiger partial charge in [-0.3, -0.25) is 4.79 Å². The Morgan fingerprint density at radius 2 is 1.97 bits per heavy atom. The minimum Gasteiger partial charge on any atom is -0.352 e. The first kappa shape index (κ1) is 21.3. The lowest BCUT2D eigenvalue weighted by molar-refractivity contribution is 0.0955. The Balaban J connectivity index is 1.40. The minimum atomic E-state index is -0.126. The van der Waals surface area contributed by atoms with Gasteiger partial charge in [0.1, 0.15) is 11.6 Å². The van der Waals surface area contributed by atoms with Gasteiger partial charge in [0.15, 0.2) is 5.65 Å². The first-order valence-electron chi connectivity index (χ1n) is 11.7. The Kier molecular flexibility index (Phi) is 5.90. The van der Waals surface area contributed by atoms with Crippen LogP contribution >= 0.6 is 0 Å². The molecule has 4 heterocycles. The van der Waals surface area contributed by atoms with Gasteiger partial charge in [-0.1, -0.05) is 36.8 Å². The number of hydrogen-bond donors (Lipinski definition) is 1. The number of benzene rings is 1. The van der Waals surface area contributed by atoms with Gasteiger partial charge >= 0.3 is 0 Å². The molecule has 0 radical (unpaired) electrons. The second-order valence-electron chi connectivity index (χ2n) is 8.84. The van der Waals surface area contributed by atoms with E-state index in [9.17, 15) is 4.79 Å². The molecule has 33 heavy (non-hydrogen) atoms. The van der Waals surface area contributed by atoms with Crippen molar-refractivity contribution in [1.29, 1.82) is 0 Å². The van der Waals surface area contributed by atoms with Crippen molar-refractivity contribution in [1.82, 2.24) is 34.8 Å². The van der Waals surface area contributed by atoms with E-state index in [1.165, 1.54) is 12.8 Å². The lowest BCUT2D eigenvalue weighted by Gasteiger charge is -2.11. The van der Waals surface area contributed by atoms with E-state index < -0.39 is 0 Å². The Bertz CT molecular complexity index is 1270. The van der Waals surface area contributed by atoms with E-state index in [0.717, 1.165) is 53.3 Å². The lowest BCUT2D eigenvalue weighted by Crippen LogP contribution is -2.27. The van der Waals surface area contributed by atoms with E-state index in [2.05, 4.69) is 39.0 Å². The molecule has 0 saturated carbocycles. The van der Waals surface area contributed by atoms with Gasteiger partial charge in [-0.15, -0.1) is 10.2 Å². The van der Waals surface area contributed by atoms with Gasteiger partial charge in [0.05, 0.1) is 22.8 Å². The third-order valence-electron chi connectivity index (χ3n) is 6.19. The molecule has 170 valence electrons. The molecule has 1 aliphatic heterocycles. The summed E-state index contributed by atoms with van der Waals surface area (Å²) in [6.45, 7) is 5.58. The fourth-order valence-corrected chi connectivity index (χ4v) is 4.45. The van der Waals surface area contributed by atoms with Crippen molar-refractivity contribution in [3.8, 4) is 11.3 Å². The Labute approximate surface area is 193 Å². The maximum absolute atomic E-state index is 13.3. The number of hydrogen-bond acceptors (Lipinski definition) is 5. The predicted octanol–water partition coefficient (Wildman–Crippen LogP) is 3.97. The minimum absolute atomic E-state index is 0.126. The molecule has 8 heteroatoms. The van der Waals surface area contributed by atoms with Crippen LogP contribution in [0.5, 0.6) is 0 Å². The largest absolute Gasteiger partial charge is 0.352 e. The molecule has 8 nitrogen and oxygen atoms in total. The van der Waals surface area contributed by atoms with Crippen LogP contribution in [0.4, 0.5) is 0 Å². The molecule has 3 aromatic heterocycles. The third-order valence-corrected chi connectivity index (χ3v) is 6.19. The predicted molar refractivity (Wildman–Crippen MR) is 127 cm³/mol. The molecule has 0 spiro atoms. The highest BCUT2D eigenvalue weighted by atomic mass is 16.1. The summed E-state index contributed by atoms with van der Waals surface area (Å²) in [5.74, 6) is 1.89. The molecule has 0 bridgehead atoms. The highest BCUT2D eigenvalue weighted by molar-refractivity contribution is 6.06. The van der Waals surface area contributed by atoms with Crippen LogP contribution in [-0.4, -0.2) is 42.0 Å². The second kappa shape index (κ2) is 9.13. The van der Waals surface area contributed by atoms with Crippen molar-refractivity contribution in [2.24, 2.45) is 0 Å². The highest BCUT2D eigenvalue weighted by Gasteiger charge is 2.19. The first-order valence-corrected chi connectivity index (χ1v) is 11.7. The monoisotopic (exact) mass is 443 g/mol. The summed E-state index contributed by atoms with van der Waals surface area (Å²) in [4.78, 5) is 18.1. The maximum Gasteiger partial charge on any atom is 0.252 e. The van der Waals surface area contributed by atoms with Gasteiger partial charge in [-0.2, -0.15) is 5.10 Å². The molecular weight excluding hydrogens is 414 g/mol. The van der Waals surface area contributed by atoms with Crippen LogP contribution in [-0.2, 0) is 19.4 Å². The second-order valence-corrected chi connectivity index (χ2v) is 8.84. The molecule has 4 aromatic rings. The molecule has 0 aliphatic carbocycles. The quantitative estimate of drug-likeness (QED) is 0.487. The van der Waals surface area contributed by atoms with Crippen molar-refractivity contribution in [3.63, 3.8) is 0 Å². The van der Waals surface area contributed by atoms with Crippen molar-refractivity contribution in [2.45, 2.75) is 58.5 Å². The molecular formula is C25H29N7O. The van der Waals surface area contributed by atoms with Crippen molar-refractivity contribution >= 4 is 16.9 Å². The zero-order valence-corrected chi connectivity index (χ0v) is 19.2. The number of carbonyl (C=O) groups excluding carboxylic acids is 1. The zero-order valence-electron chi connectivity index (χ0n) is 19.2. The smallest absolute Gasteiger partial charge is 0.252 e. The van der Waals surface area contributed by atoms with Crippen LogP contribution in [0.1, 0.15) is 61.2 Å². The van der Waals surface area contributed by atoms with Crippen molar-refractivity contribution in [2.75, 3.05) is 6.54 Å². The van der Waals surface area contributed by atoms with Crippen LogP contribution < -0.4 is 5.32 Å². The Morgan fingerprint density at radius 1 is 1.12 bits per heavy atom. The SMILES string of the molecule is CC(C)n1ncc2c(C(=O)NCCc3nnc4n3CCCCC4)cc(-c3ccccc3)nc21. The number of amides is 1. The third kappa shape index (κ3) is 4.25. The summed E-state index contributed by atoms with van der Waals surface area (Å²) in [5.41, 5.74) is 3.04. The van der Waals surface area contributed by atoms with Gasteiger partial charge in [0.2, 0.25) is 0 Å². The Hall–Kier alpha value is -3.55. The number of nitrogens with zero attached hydrogens (tertiary/aromatic N) is 6. The highest BCUT2D eigenvalue weighted by Crippen LogP contribution is 2.26. The van der Waals surface area contributed by atoms with E-state index in [1.807, 2.05) is 41.1 Å².